The van der Waals surface area contributed by atoms with Crippen molar-refractivity contribution in [3.63, 3.8) is 0 Å². The zero-order valence-electron chi connectivity index (χ0n) is 11.1. The molecule has 0 aromatic heterocycles. The lowest BCUT2D eigenvalue weighted by Crippen LogP contribution is -2.39. The second-order valence-electron chi connectivity index (χ2n) is 4.50. The van der Waals surface area contributed by atoms with Crippen LogP contribution in [0.25, 0.3) is 0 Å². The predicted octanol–water partition coefficient (Wildman–Crippen LogP) is -0.713. The first kappa shape index (κ1) is 15.3. The van der Waals surface area contributed by atoms with Crippen LogP contribution >= 0.6 is 0 Å². The normalized spacial score (nSPS) is 11.2. The number of hydrogen-bond acceptors (Lipinski definition) is 4. The van der Waals surface area contributed by atoms with Crippen molar-refractivity contribution in [1.29, 1.82) is 0 Å². The summed E-state index contributed by atoms with van der Waals surface area (Å²) in [5, 5.41) is 0. The molecular formula is C11H26N4O. The van der Waals surface area contributed by atoms with Crippen molar-refractivity contribution in [1.82, 2.24) is 14.7 Å². The number of rotatable bonds is 8. The maximum Gasteiger partial charge on any atom is 0.236 e. The van der Waals surface area contributed by atoms with Gasteiger partial charge in [-0.25, -0.2) is 0 Å². The molecule has 16 heavy (non-hydrogen) atoms. The average molecular weight is 230 g/mol. The van der Waals surface area contributed by atoms with Gasteiger partial charge < -0.3 is 15.5 Å². The number of hydrogen-bond donors (Lipinski definition) is 1. The minimum Gasteiger partial charge on any atom is -0.345 e. The van der Waals surface area contributed by atoms with Crippen molar-refractivity contribution in [2.45, 2.75) is 6.42 Å². The number of likely N-dealkylation sites (N-methyl/N-ethyl adjacent to an activating group) is 3. The lowest BCUT2D eigenvalue weighted by Gasteiger charge is -2.22. The van der Waals surface area contributed by atoms with E-state index in [4.69, 9.17) is 5.73 Å². The molecule has 0 saturated carbocycles. The van der Waals surface area contributed by atoms with Gasteiger partial charge in [-0.15, -0.1) is 0 Å². The Balaban J connectivity index is 3.76. The second kappa shape index (κ2) is 8.50. The smallest absolute Gasteiger partial charge is 0.236 e. The van der Waals surface area contributed by atoms with Crippen LogP contribution < -0.4 is 5.73 Å². The Morgan fingerprint density at radius 2 is 1.69 bits per heavy atom. The molecule has 0 heterocycles. The van der Waals surface area contributed by atoms with Crippen molar-refractivity contribution >= 4 is 5.91 Å². The zero-order chi connectivity index (χ0) is 12.6. The number of amides is 1. The van der Waals surface area contributed by atoms with Crippen LogP contribution in [0.3, 0.4) is 0 Å². The Morgan fingerprint density at radius 1 is 1.06 bits per heavy atom. The molecule has 96 valence electrons. The molecule has 0 atom stereocenters. The van der Waals surface area contributed by atoms with E-state index in [9.17, 15) is 4.79 Å². The summed E-state index contributed by atoms with van der Waals surface area (Å²) in [7, 11) is 7.86. The predicted molar refractivity (Wildman–Crippen MR) is 67.4 cm³/mol. The summed E-state index contributed by atoms with van der Waals surface area (Å²) in [6.45, 7) is 3.74. The van der Waals surface area contributed by atoms with E-state index >= 15 is 0 Å². The highest BCUT2D eigenvalue weighted by Gasteiger charge is 2.10. The lowest BCUT2D eigenvalue weighted by atomic mass is 10.3. The topological polar surface area (TPSA) is 52.8 Å². The van der Waals surface area contributed by atoms with E-state index in [1.807, 2.05) is 33.1 Å². The zero-order valence-corrected chi connectivity index (χ0v) is 11.1. The lowest BCUT2D eigenvalue weighted by molar-refractivity contribution is -0.130. The highest BCUT2D eigenvalue weighted by atomic mass is 16.2. The monoisotopic (exact) mass is 230 g/mol. The highest BCUT2D eigenvalue weighted by Crippen LogP contribution is 1.91. The molecule has 0 rings (SSSR count). The summed E-state index contributed by atoms with van der Waals surface area (Å²) in [4.78, 5) is 17.6. The third-order valence-electron chi connectivity index (χ3n) is 2.46. The fourth-order valence-corrected chi connectivity index (χ4v) is 1.25. The summed E-state index contributed by atoms with van der Waals surface area (Å²) >= 11 is 0. The summed E-state index contributed by atoms with van der Waals surface area (Å²) in [6, 6.07) is 0. The Hall–Kier alpha value is -0.650. The summed E-state index contributed by atoms with van der Waals surface area (Å²) < 4.78 is 0. The quantitative estimate of drug-likeness (QED) is 0.598. The van der Waals surface area contributed by atoms with Gasteiger partial charge in [0.2, 0.25) is 5.91 Å². The van der Waals surface area contributed by atoms with Crippen LogP contribution in [0.2, 0.25) is 0 Å². The molecule has 0 saturated heterocycles. The molecule has 0 aromatic rings. The van der Waals surface area contributed by atoms with E-state index < -0.39 is 0 Å². The Bertz CT molecular complexity index is 196. The molecule has 0 aliphatic heterocycles. The fourth-order valence-electron chi connectivity index (χ4n) is 1.25. The van der Waals surface area contributed by atoms with Gasteiger partial charge in [0, 0.05) is 26.7 Å². The largest absolute Gasteiger partial charge is 0.345 e. The third kappa shape index (κ3) is 7.62. The molecule has 5 heteroatoms. The maximum atomic E-state index is 11.7. The van der Waals surface area contributed by atoms with E-state index in [1.54, 1.807) is 4.90 Å². The van der Waals surface area contributed by atoms with Crippen LogP contribution in [0.1, 0.15) is 6.42 Å². The molecular weight excluding hydrogens is 204 g/mol. The van der Waals surface area contributed by atoms with Crippen LogP contribution in [0, 0.1) is 0 Å². The SMILES string of the molecule is CN(C)CCN(C)CC(=O)N(C)CCCN. The molecule has 0 bridgehead atoms. The third-order valence-corrected chi connectivity index (χ3v) is 2.46. The van der Waals surface area contributed by atoms with Gasteiger partial charge in [-0.2, -0.15) is 0 Å². The van der Waals surface area contributed by atoms with Gasteiger partial charge in [0.1, 0.15) is 0 Å². The van der Waals surface area contributed by atoms with Gasteiger partial charge in [-0.3, -0.25) is 9.69 Å². The number of nitrogens with two attached hydrogens (primary N) is 1. The van der Waals surface area contributed by atoms with Gasteiger partial charge >= 0.3 is 0 Å². The first-order valence-corrected chi connectivity index (χ1v) is 5.74. The molecule has 0 fully saturated rings. The molecule has 0 aromatic carbocycles. The van der Waals surface area contributed by atoms with E-state index in [-0.39, 0.29) is 5.91 Å². The number of carbonyl (C=O) groups excluding carboxylic acids is 1. The second-order valence-corrected chi connectivity index (χ2v) is 4.50. The van der Waals surface area contributed by atoms with Gasteiger partial charge in [0.25, 0.3) is 0 Å². The molecule has 0 unspecified atom stereocenters. The van der Waals surface area contributed by atoms with Crippen molar-refractivity contribution in [2.24, 2.45) is 5.73 Å². The minimum absolute atomic E-state index is 0.162. The Morgan fingerprint density at radius 3 is 2.19 bits per heavy atom. The van der Waals surface area contributed by atoms with Gasteiger partial charge in [0.15, 0.2) is 0 Å². The van der Waals surface area contributed by atoms with Gasteiger partial charge in [-0.05, 0) is 34.1 Å². The number of nitrogens with zero attached hydrogens (tertiary/aromatic N) is 3. The Kier molecular flexibility index (Phi) is 8.15. The van der Waals surface area contributed by atoms with Crippen molar-refractivity contribution in [3.05, 3.63) is 0 Å². The van der Waals surface area contributed by atoms with Crippen molar-refractivity contribution < 1.29 is 4.79 Å². The summed E-state index contributed by atoms with van der Waals surface area (Å²) in [5.41, 5.74) is 5.41. The Labute approximate surface area is 99.2 Å². The van der Waals surface area contributed by atoms with E-state index in [0.29, 0.717) is 13.1 Å². The first-order chi connectivity index (χ1) is 7.47. The summed E-state index contributed by atoms with van der Waals surface area (Å²) in [6.07, 6.45) is 0.865. The average Bonchev–Trinajstić information content (AvgIpc) is 2.22. The maximum absolute atomic E-state index is 11.7. The molecule has 5 nitrogen and oxygen atoms in total. The van der Waals surface area contributed by atoms with Gasteiger partial charge in [0.05, 0.1) is 6.54 Å². The van der Waals surface area contributed by atoms with E-state index in [0.717, 1.165) is 26.1 Å². The van der Waals surface area contributed by atoms with Crippen LogP contribution in [-0.4, -0.2) is 81.5 Å². The molecule has 0 radical (unpaired) electrons. The minimum atomic E-state index is 0.162. The number of carbonyl (C=O) groups is 1. The molecule has 0 spiro atoms. The van der Waals surface area contributed by atoms with Crippen LogP contribution in [0.4, 0.5) is 0 Å². The van der Waals surface area contributed by atoms with Crippen LogP contribution in [-0.2, 0) is 4.79 Å². The van der Waals surface area contributed by atoms with Crippen LogP contribution in [0.5, 0.6) is 0 Å². The van der Waals surface area contributed by atoms with Crippen LogP contribution in [0.15, 0.2) is 0 Å². The fraction of sp³-hybridized carbons (Fsp3) is 0.909. The van der Waals surface area contributed by atoms with Gasteiger partial charge in [-0.1, -0.05) is 0 Å². The first-order valence-electron chi connectivity index (χ1n) is 5.74. The molecule has 0 aliphatic rings. The van der Waals surface area contributed by atoms with E-state index in [1.165, 1.54) is 0 Å². The highest BCUT2D eigenvalue weighted by molar-refractivity contribution is 5.77. The molecule has 2 N–H and O–H groups in total. The standard InChI is InChI=1S/C11H26N4O/c1-13(2)8-9-14(3)10-11(16)15(4)7-5-6-12/h5-10,12H2,1-4H3. The van der Waals surface area contributed by atoms with Crippen molar-refractivity contribution in [3.8, 4) is 0 Å². The van der Waals surface area contributed by atoms with E-state index in [2.05, 4.69) is 4.90 Å². The molecule has 0 aliphatic carbocycles. The van der Waals surface area contributed by atoms with Crippen molar-refractivity contribution in [2.75, 3.05) is 60.9 Å². The summed E-state index contributed by atoms with van der Waals surface area (Å²) in [5.74, 6) is 0.162. The molecule has 1 amide bonds.